The van der Waals surface area contributed by atoms with E-state index in [-0.39, 0.29) is 66.1 Å². The highest BCUT2D eigenvalue weighted by atomic mass is 28.4. The van der Waals surface area contributed by atoms with Crippen LogP contribution in [0.1, 0.15) is 87.6 Å². The van der Waals surface area contributed by atoms with E-state index >= 15 is 0 Å². The summed E-state index contributed by atoms with van der Waals surface area (Å²) in [7, 11) is 1.33. The lowest BCUT2D eigenvalue weighted by molar-refractivity contribution is -0.120. The molecule has 1 aliphatic rings. The molecular formula is C40H67NO6Si. The second kappa shape index (κ2) is 18.7. The first kappa shape index (κ1) is 41.9. The number of carbonyl (C=O) groups excluding carboxylic acids is 1. The van der Waals surface area contributed by atoms with E-state index < -0.39 is 14.4 Å². The van der Waals surface area contributed by atoms with Crippen molar-refractivity contribution < 1.29 is 28.5 Å². The number of nitrogens with zero attached hydrogens (tertiary/aromatic N) is 1. The summed E-state index contributed by atoms with van der Waals surface area (Å²) in [6.07, 6.45) is 12.0. The van der Waals surface area contributed by atoms with Gasteiger partial charge in [-0.25, -0.2) is 0 Å². The molecule has 1 amide bonds. The van der Waals surface area contributed by atoms with Crippen LogP contribution in [0.2, 0.25) is 18.1 Å². The summed E-state index contributed by atoms with van der Waals surface area (Å²) < 4.78 is 24.3. The maximum atomic E-state index is 12.1. The van der Waals surface area contributed by atoms with E-state index in [1.807, 2.05) is 18.2 Å². The summed E-state index contributed by atoms with van der Waals surface area (Å²) in [5.41, 5.74) is 3.05. The average molecular weight is 686 g/mol. The van der Waals surface area contributed by atoms with Gasteiger partial charge < -0.3 is 28.6 Å². The molecule has 2 rings (SSSR count). The minimum atomic E-state index is -2.10. The number of carbonyl (C=O) groups is 1. The highest BCUT2D eigenvalue weighted by Crippen LogP contribution is 2.41. The maximum Gasteiger partial charge on any atom is 0.264 e. The third kappa shape index (κ3) is 11.7. The molecule has 7 nitrogen and oxygen atoms in total. The van der Waals surface area contributed by atoms with Crippen molar-refractivity contribution in [2.24, 2.45) is 29.6 Å². The van der Waals surface area contributed by atoms with Crippen LogP contribution in [0.15, 0.2) is 48.1 Å². The van der Waals surface area contributed by atoms with Gasteiger partial charge in [0.2, 0.25) is 0 Å². The number of methoxy groups -OCH3 is 1. The van der Waals surface area contributed by atoms with E-state index in [1.54, 1.807) is 19.1 Å². The molecule has 1 heterocycles. The smallest absolute Gasteiger partial charge is 0.264 e. The molecular weight excluding hydrogens is 619 g/mol. The van der Waals surface area contributed by atoms with Crippen LogP contribution in [-0.4, -0.2) is 65.2 Å². The second-order valence-electron chi connectivity index (χ2n) is 15.7. The molecule has 8 heteroatoms. The highest BCUT2D eigenvalue weighted by Gasteiger charge is 2.43. The number of likely N-dealkylation sites (N-methyl/N-ethyl adjacent to an activating group) is 1. The Morgan fingerprint density at radius 1 is 1.06 bits per heavy atom. The zero-order valence-electron chi connectivity index (χ0n) is 32.5. The first-order valence-electron chi connectivity index (χ1n) is 17.9. The quantitative estimate of drug-likeness (QED) is 0.0943. The molecule has 0 saturated carbocycles. The van der Waals surface area contributed by atoms with Crippen LogP contribution in [0.3, 0.4) is 0 Å². The van der Waals surface area contributed by atoms with Crippen molar-refractivity contribution in [1.82, 2.24) is 0 Å². The Kier molecular flexibility index (Phi) is 16.3. The van der Waals surface area contributed by atoms with Crippen LogP contribution in [-0.2, 0) is 18.7 Å². The van der Waals surface area contributed by atoms with Crippen LogP contribution < -0.4 is 9.64 Å². The Morgan fingerprint density at radius 3 is 2.33 bits per heavy atom. The molecule has 0 bridgehead atoms. The SMILES string of the molecule is CCC=CC(C)[C@H](O)[C@@H](C)[C@H](O[Si](C)(C)C(C)(C)C)[C@@H](C)CC(C)=C[C@H](C)[C@@H](OCOC)C(C)C=Cc1ccc2c(c1)N(C)C(=O)CO2. The Morgan fingerprint density at radius 2 is 1.73 bits per heavy atom. The number of amides is 1. The third-order valence-electron chi connectivity index (χ3n) is 10.3. The second-order valence-corrected chi connectivity index (χ2v) is 20.4. The Labute approximate surface area is 293 Å². The van der Waals surface area contributed by atoms with E-state index in [0.717, 1.165) is 29.8 Å². The number of fused-ring (bicyclic) bond motifs is 1. The van der Waals surface area contributed by atoms with Crippen LogP contribution in [0, 0.1) is 29.6 Å². The van der Waals surface area contributed by atoms with Crippen molar-refractivity contribution >= 4 is 26.0 Å². The molecule has 272 valence electrons. The van der Waals surface area contributed by atoms with Gasteiger partial charge in [0.15, 0.2) is 14.9 Å². The normalized spacial score (nSPS) is 19.9. The summed E-state index contributed by atoms with van der Waals surface area (Å²) in [5, 5.41) is 11.5. The van der Waals surface area contributed by atoms with Crippen molar-refractivity contribution in [3.8, 4) is 5.75 Å². The molecule has 8 atom stereocenters. The molecule has 1 aromatic rings. The lowest BCUT2D eigenvalue weighted by atomic mass is 9.81. The van der Waals surface area contributed by atoms with Crippen molar-refractivity contribution in [3.05, 3.63) is 53.6 Å². The molecule has 0 fully saturated rings. The van der Waals surface area contributed by atoms with Crippen molar-refractivity contribution in [2.45, 2.75) is 119 Å². The van der Waals surface area contributed by atoms with Gasteiger partial charge in [-0.2, -0.15) is 0 Å². The standard InChI is InChI=1S/C40H67NO6Si/c1-15-16-17-28(3)37(43)32(7)39(47-48(13,14)40(8,9)10)31(6)23-27(2)22-30(5)38(46-26-44-12)29(4)18-19-33-20-21-35-34(24-33)41(11)36(42)25-45-35/h16-22,24,28-32,37-39,43H,15,23,25-26H2,1-14H3/t28?,29?,30-,31-,32+,37-,38-,39+/m0/s1. The first-order chi connectivity index (χ1) is 22.3. The summed E-state index contributed by atoms with van der Waals surface area (Å²) >= 11 is 0. The molecule has 0 saturated heterocycles. The monoisotopic (exact) mass is 685 g/mol. The number of hydrogen-bond donors (Lipinski definition) is 1. The Balaban J connectivity index is 2.28. The van der Waals surface area contributed by atoms with Gasteiger partial charge in [-0.05, 0) is 61.5 Å². The van der Waals surface area contributed by atoms with Gasteiger partial charge in [0.25, 0.3) is 5.91 Å². The third-order valence-corrected chi connectivity index (χ3v) is 14.8. The van der Waals surface area contributed by atoms with Gasteiger partial charge >= 0.3 is 0 Å². The van der Waals surface area contributed by atoms with Gasteiger partial charge in [-0.1, -0.05) is 104 Å². The van der Waals surface area contributed by atoms with E-state index in [9.17, 15) is 9.90 Å². The van der Waals surface area contributed by atoms with Gasteiger partial charge in [0.05, 0.1) is 24.0 Å². The number of allylic oxidation sites excluding steroid dienone is 2. The van der Waals surface area contributed by atoms with Crippen LogP contribution in [0.5, 0.6) is 5.75 Å². The number of aliphatic hydroxyl groups excluding tert-OH is 1. The summed E-state index contributed by atoms with van der Waals surface area (Å²) in [5.74, 6) is 1.12. The average Bonchev–Trinajstić information content (AvgIpc) is 3.02. The van der Waals surface area contributed by atoms with Crippen molar-refractivity contribution in [1.29, 1.82) is 0 Å². The number of anilines is 1. The zero-order chi connectivity index (χ0) is 36.4. The molecule has 2 unspecified atom stereocenters. The van der Waals surface area contributed by atoms with Gasteiger partial charge in [0.1, 0.15) is 12.5 Å². The van der Waals surface area contributed by atoms with E-state index in [4.69, 9.17) is 18.6 Å². The molecule has 0 spiro atoms. The van der Waals surface area contributed by atoms with Crippen molar-refractivity contribution in [2.75, 3.05) is 32.5 Å². The largest absolute Gasteiger partial charge is 0.482 e. The number of benzene rings is 1. The van der Waals surface area contributed by atoms with E-state index in [1.165, 1.54) is 5.57 Å². The summed E-state index contributed by atoms with van der Waals surface area (Å²) in [4.78, 5) is 13.8. The number of rotatable bonds is 18. The fourth-order valence-electron chi connectivity index (χ4n) is 6.33. The van der Waals surface area contributed by atoms with Crippen LogP contribution in [0.4, 0.5) is 5.69 Å². The lowest BCUT2D eigenvalue weighted by Crippen LogP contribution is -2.49. The molecule has 0 radical (unpaired) electrons. The minimum absolute atomic E-state index is 0.0214. The molecule has 48 heavy (non-hydrogen) atoms. The zero-order valence-corrected chi connectivity index (χ0v) is 33.5. The van der Waals surface area contributed by atoms with Crippen LogP contribution >= 0.6 is 0 Å². The Hall–Kier alpha value is -2.23. The predicted molar refractivity (Wildman–Crippen MR) is 203 cm³/mol. The highest BCUT2D eigenvalue weighted by molar-refractivity contribution is 6.74. The lowest BCUT2D eigenvalue weighted by Gasteiger charge is -2.44. The molecule has 1 aliphatic heterocycles. The summed E-state index contributed by atoms with van der Waals surface area (Å²) in [6, 6.07) is 5.91. The van der Waals surface area contributed by atoms with E-state index in [2.05, 4.69) is 113 Å². The predicted octanol–water partition coefficient (Wildman–Crippen LogP) is 9.28. The Bertz CT molecular complexity index is 1250. The number of ether oxygens (including phenoxy) is 3. The fourth-order valence-corrected chi connectivity index (χ4v) is 7.81. The van der Waals surface area contributed by atoms with Gasteiger partial charge in [0, 0.05) is 37.8 Å². The van der Waals surface area contributed by atoms with Gasteiger partial charge in [-0.15, -0.1) is 0 Å². The molecule has 1 N–H and O–H groups in total. The topological polar surface area (TPSA) is 77.5 Å². The summed E-state index contributed by atoms with van der Waals surface area (Å²) in [6.45, 7) is 26.9. The minimum Gasteiger partial charge on any atom is -0.482 e. The fraction of sp³-hybridized carbons (Fsp3) is 0.675. The van der Waals surface area contributed by atoms with Crippen molar-refractivity contribution in [3.63, 3.8) is 0 Å². The van der Waals surface area contributed by atoms with Crippen LogP contribution in [0.25, 0.3) is 6.08 Å². The molecule has 1 aromatic carbocycles. The van der Waals surface area contributed by atoms with E-state index in [0.29, 0.717) is 0 Å². The number of aliphatic hydroxyl groups is 1. The van der Waals surface area contributed by atoms with Gasteiger partial charge in [-0.3, -0.25) is 4.79 Å². The first-order valence-corrected chi connectivity index (χ1v) is 20.8. The number of hydrogen-bond acceptors (Lipinski definition) is 6. The maximum absolute atomic E-state index is 12.1. The molecule has 0 aliphatic carbocycles. The molecule has 0 aromatic heterocycles.